The zero-order valence-electron chi connectivity index (χ0n) is 11.5. The number of halogens is 1. The Labute approximate surface area is 126 Å². The summed E-state index contributed by atoms with van der Waals surface area (Å²) in [6.07, 6.45) is 0. The zero-order chi connectivity index (χ0) is 14.9. The predicted molar refractivity (Wildman–Crippen MR) is 81.3 cm³/mol. The molecule has 2 rings (SSSR count). The molecule has 0 amide bonds. The number of rotatable bonds is 4. The average molecular weight is 311 g/mol. The van der Waals surface area contributed by atoms with Gasteiger partial charge in [-0.3, -0.25) is 0 Å². The third kappa shape index (κ3) is 3.14. The Morgan fingerprint density at radius 2 is 1.85 bits per heavy atom. The summed E-state index contributed by atoms with van der Waals surface area (Å²) < 4.78 is 5.84. The molecule has 20 heavy (non-hydrogen) atoms. The van der Waals surface area contributed by atoms with Gasteiger partial charge in [0, 0.05) is 15.5 Å². The van der Waals surface area contributed by atoms with Gasteiger partial charge >= 0.3 is 5.97 Å². The molecule has 0 aliphatic rings. The first kappa shape index (κ1) is 14.9. The molecule has 2 aromatic rings. The molecule has 0 saturated heterocycles. The number of carboxylic acids is 1. The monoisotopic (exact) mass is 310 g/mol. The van der Waals surface area contributed by atoms with Gasteiger partial charge in [-0.1, -0.05) is 11.6 Å². The van der Waals surface area contributed by atoms with Gasteiger partial charge in [-0.05, 0) is 50.1 Å². The van der Waals surface area contributed by atoms with Gasteiger partial charge < -0.3 is 9.84 Å². The Balaban J connectivity index is 2.19. The smallest absolute Gasteiger partial charge is 0.345 e. The van der Waals surface area contributed by atoms with E-state index in [0.717, 1.165) is 27.3 Å². The summed E-state index contributed by atoms with van der Waals surface area (Å²) in [5.41, 5.74) is 2.85. The molecule has 1 N–H and O–H groups in total. The normalized spacial score (nSPS) is 10.6. The van der Waals surface area contributed by atoms with Gasteiger partial charge in [0.2, 0.25) is 0 Å². The van der Waals surface area contributed by atoms with Gasteiger partial charge in [-0.15, -0.1) is 11.3 Å². The first-order valence-electron chi connectivity index (χ1n) is 6.10. The second-order valence-corrected chi connectivity index (χ2v) is 6.35. The highest BCUT2D eigenvalue weighted by atomic mass is 35.5. The van der Waals surface area contributed by atoms with Crippen molar-refractivity contribution in [2.75, 3.05) is 0 Å². The fourth-order valence-corrected chi connectivity index (χ4v) is 3.24. The van der Waals surface area contributed by atoms with Crippen molar-refractivity contribution in [3.63, 3.8) is 0 Å². The Morgan fingerprint density at radius 1 is 1.25 bits per heavy atom. The van der Waals surface area contributed by atoms with Crippen molar-refractivity contribution in [2.24, 2.45) is 0 Å². The van der Waals surface area contributed by atoms with Crippen LogP contribution in [0.4, 0.5) is 0 Å². The zero-order valence-corrected chi connectivity index (χ0v) is 13.1. The van der Waals surface area contributed by atoms with Crippen molar-refractivity contribution in [1.29, 1.82) is 0 Å². The van der Waals surface area contributed by atoms with Gasteiger partial charge in [0.05, 0.1) is 0 Å². The maximum absolute atomic E-state index is 10.9. The number of benzene rings is 1. The fraction of sp³-hybridized carbons (Fsp3) is 0.267. The number of hydrogen-bond donors (Lipinski definition) is 1. The summed E-state index contributed by atoms with van der Waals surface area (Å²) in [6, 6.07) is 5.38. The summed E-state index contributed by atoms with van der Waals surface area (Å²) in [7, 11) is 0. The molecule has 0 unspecified atom stereocenters. The first-order valence-corrected chi connectivity index (χ1v) is 7.30. The Kier molecular flexibility index (Phi) is 4.35. The lowest BCUT2D eigenvalue weighted by Crippen LogP contribution is -1.99. The number of aromatic carboxylic acids is 1. The van der Waals surface area contributed by atoms with Gasteiger partial charge in [-0.25, -0.2) is 4.79 Å². The van der Waals surface area contributed by atoms with E-state index in [4.69, 9.17) is 21.4 Å². The van der Waals surface area contributed by atoms with Crippen molar-refractivity contribution in [1.82, 2.24) is 0 Å². The topological polar surface area (TPSA) is 46.5 Å². The van der Waals surface area contributed by atoms with Crippen LogP contribution in [-0.2, 0) is 6.61 Å². The third-order valence-corrected chi connectivity index (χ3v) is 4.33. The van der Waals surface area contributed by atoms with Crippen LogP contribution in [0.5, 0.6) is 5.75 Å². The standard InChI is InChI=1S/C15H15ClO3S/c1-8-4-12(16)5-9(2)14(8)19-7-11-6-13(15(17)18)20-10(11)3/h4-6H,7H2,1-3H3,(H,17,18). The molecule has 0 atom stereocenters. The maximum atomic E-state index is 10.9. The van der Waals surface area contributed by atoms with Crippen LogP contribution in [0.15, 0.2) is 18.2 Å². The highest BCUT2D eigenvalue weighted by Gasteiger charge is 2.12. The summed E-state index contributed by atoms with van der Waals surface area (Å²) >= 11 is 7.25. The van der Waals surface area contributed by atoms with E-state index >= 15 is 0 Å². The molecular weight excluding hydrogens is 296 g/mol. The van der Waals surface area contributed by atoms with E-state index in [9.17, 15) is 4.79 Å². The number of carboxylic acid groups (broad SMARTS) is 1. The largest absolute Gasteiger partial charge is 0.488 e. The van der Waals surface area contributed by atoms with Gasteiger partial charge in [-0.2, -0.15) is 0 Å². The lowest BCUT2D eigenvalue weighted by Gasteiger charge is -2.12. The second-order valence-electron chi connectivity index (χ2n) is 4.65. The fourth-order valence-electron chi connectivity index (χ4n) is 2.04. The number of thiophene rings is 1. The number of carbonyl (C=O) groups is 1. The summed E-state index contributed by atoms with van der Waals surface area (Å²) in [6.45, 7) is 6.14. The van der Waals surface area contributed by atoms with Crippen LogP contribution in [-0.4, -0.2) is 11.1 Å². The van der Waals surface area contributed by atoms with E-state index in [0.29, 0.717) is 16.5 Å². The lowest BCUT2D eigenvalue weighted by molar-refractivity contribution is 0.0702. The molecule has 0 fully saturated rings. The van der Waals surface area contributed by atoms with E-state index in [1.165, 1.54) is 11.3 Å². The van der Waals surface area contributed by atoms with Crippen LogP contribution in [0.1, 0.15) is 31.2 Å². The average Bonchev–Trinajstić information content (AvgIpc) is 2.70. The maximum Gasteiger partial charge on any atom is 0.345 e. The van der Waals surface area contributed by atoms with E-state index in [-0.39, 0.29) is 0 Å². The summed E-state index contributed by atoms with van der Waals surface area (Å²) in [5.74, 6) is -0.0971. The molecule has 1 aromatic carbocycles. The first-order chi connectivity index (χ1) is 9.38. The number of hydrogen-bond acceptors (Lipinski definition) is 3. The van der Waals surface area contributed by atoms with Gasteiger partial charge in [0.25, 0.3) is 0 Å². The van der Waals surface area contributed by atoms with Crippen LogP contribution in [0.25, 0.3) is 0 Å². The number of aryl methyl sites for hydroxylation is 3. The van der Waals surface area contributed by atoms with E-state index in [1.807, 2.05) is 32.9 Å². The van der Waals surface area contributed by atoms with Crippen molar-refractivity contribution in [3.8, 4) is 5.75 Å². The van der Waals surface area contributed by atoms with Crippen molar-refractivity contribution < 1.29 is 14.6 Å². The molecule has 1 heterocycles. The highest BCUT2D eigenvalue weighted by molar-refractivity contribution is 7.14. The molecule has 0 bridgehead atoms. The van der Waals surface area contributed by atoms with Crippen molar-refractivity contribution in [3.05, 3.63) is 49.7 Å². The van der Waals surface area contributed by atoms with E-state index < -0.39 is 5.97 Å². The molecule has 0 aliphatic carbocycles. The molecule has 0 spiro atoms. The van der Waals surface area contributed by atoms with Gasteiger partial charge in [0.15, 0.2) is 0 Å². The Hall–Kier alpha value is -1.52. The van der Waals surface area contributed by atoms with Crippen LogP contribution in [0.3, 0.4) is 0 Å². The lowest BCUT2D eigenvalue weighted by atomic mass is 10.1. The molecule has 0 saturated carbocycles. The van der Waals surface area contributed by atoms with E-state index in [1.54, 1.807) is 6.07 Å². The predicted octanol–water partition coefficient (Wildman–Crippen LogP) is 4.60. The van der Waals surface area contributed by atoms with E-state index in [2.05, 4.69) is 0 Å². The van der Waals surface area contributed by atoms with Gasteiger partial charge in [0.1, 0.15) is 17.2 Å². The van der Waals surface area contributed by atoms with Crippen LogP contribution >= 0.6 is 22.9 Å². The number of ether oxygens (including phenoxy) is 1. The SMILES string of the molecule is Cc1cc(Cl)cc(C)c1OCc1cc(C(=O)O)sc1C. The molecule has 3 nitrogen and oxygen atoms in total. The minimum Gasteiger partial charge on any atom is -0.488 e. The van der Waals surface area contributed by atoms with Crippen LogP contribution in [0.2, 0.25) is 5.02 Å². The Bertz CT molecular complexity index is 638. The highest BCUT2D eigenvalue weighted by Crippen LogP contribution is 2.29. The van der Waals surface area contributed by atoms with Crippen LogP contribution < -0.4 is 4.74 Å². The molecule has 0 aliphatic heterocycles. The second kappa shape index (κ2) is 5.85. The Morgan fingerprint density at radius 3 is 2.35 bits per heavy atom. The van der Waals surface area contributed by atoms with Crippen LogP contribution in [0, 0.1) is 20.8 Å². The van der Waals surface area contributed by atoms with Crippen molar-refractivity contribution in [2.45, 2.75) is 27.4 Å². The minimum atomic E-state index is -0.900. The molecule has 1 aromatic heterocycles. The minimum absolute atomic E-state index is 0.339. The molecule has 0 radical (unpaired) electrons. The quantitative estimate of drug-likeness (QED) is 0.897. The molecular formula is C15H15ClO3S. The molecule has 106 valence electrons. The summed E-state index contributed by atoms with van der Waals surface area (Å²) in [5, 5.41) is 9.67. The summed E-state index contributed by atoms with van der Waals surface area (Å²) in [4.78, 5) is 12.2. The third-order valence-electron chi connectivity index (χ3n) is 3.03. The molecule has 5 heteroatoms. The van der Waals surface area contributed by atoms with Crippen molar-refractivity contribution >= 4 is 28.9 Å².